The van der Waals surface area contributed by atoms with E-state index in [1.54, 1.807) is 35.8 Å². The number of benzene rings is 3. The molecule has 6 rings (SSSR count). The van der Waals surface area contributed by atoms with Gasteiger partial charge in [-0.1, -0.05) is 59.9 Å². The third-order valence-electron chi connectivity index (χ3n) is 7.68. The van der Waals surface area contributed by atoms with E-state index in [1.807, 2.05) is 55.5 Å². The van der Waals surface area contributed by atoms with Crippen molar-refractivity contribution in [1.29, 1.82) is 0 Å². The van der Waals surface area contributed by atoms with Crippen LogP contribution in [0, 0.1) is 6.92 Å². The molecule has 0 fully saturated rings. The maximum Gasteiger partial charge on any atom is 0.271 e. The van der Waals surface area contributed by atoms with Crippen LogP contribution in [0.2, 0.25) is 0 Å². The van der Waals surface area contributed by atoms with E-state index in [0.717, 1.165) is 22.2 Å². The Morgan fingerprint density at radius 2 is 1.86 bits per heavy atom. The molecule has 9 heteroatoms. The second-order valence-corrected chi connectivity index (χ2v) is 11.3. The number of nitrogens with zero attached hydrogens (tertiary/aromatic N) is 3. The molecular weight excluding hydrogens is 560 g/mol. The molecule has 8 nitrogen and oxygen atoms in total. The highest BCUT2D eigenvalue weighted by Gasteiger charge is 2.33. The van der Waals surface area contributed by atoms with E-state index in [1.165, 1.54) is 24.5 Å². The maximum absolute atomic E-state index is 14.3. The molecule has 0 radical (unpaired) electrons. The van der Waals surface area contributed by atoms with Crippen molar-refractivity contribution in [3.05, 3.63) is 133 Å². The standard InChI is InChI=1S/C34H30N4O4S/c1-5-17-37-21(3)25(24-13-9-10-14-26(24)37)19-29-33(41)38-31(22-15-16-27(39)28(18-22)42-4)30(20(2)35-34(38)43-29)32(40)36-23-11-7-6-8-12-23/h5-16,18-19,31,39H,1,17H2,2-4H3,(H,36,40)/b29-19-/t31-/m1/s1. The fourth-order valence-corrected chi connectivity index (χ4v) is 6.68. The van der Waals surface area contributed by atoms with E-state index >= 15 is 0 Å². The number of carbonyl (C=O) groups is 1. The summed E-state index contributed by atoms with van der Waals surface area (Å²) in [7, 11) is 1.46. The van der Waals surface area contributed by atoms with Crippen LogP contribution in [0.15, 0.2) is 107 Å². The molecule has 216 valence electrons. The number of rotatable bonds is 7. The molecule has 0 aliphatic carbocycles. The molecule has 0 saturated carbocycles. The van der Waals surface area contributed by atoms with E-state index in [-0.39, 0.29) is 23.0 Å². The predicted molar refractivity (Wildman–Crippen MR) is 170 cm³/mol. The van der Waals surface area contributed by atoms with Crippen molar-refractivity contribution >= 4 is 39.9 Å². The van der Waals surface area contributed by atoms with Gasteiger partial charge in [0.15, 0.2) is 16.3 Å². The van der Waals surface area contributed by atoms with Gasteiger partial charge >= 0.3 is 0 Å². The van der Waals surface area contributed by atoms with Crippen LogP contribution in [0.3, 0.4) is 0 Å². The molecule has 5 aromatic rings. The first-order valence-electron chi connectivity index (χ1n) is 13.8. The summed E-state index contributed by atoms with van der Waals surface area (Å²) in [6, 6.07) is 21.3. The molecule has 0 bridgehead atoms. The van der Waals surface area contributed by atoms with Crippen molar-refractivity contribution < 1.29 is 14.6 Å². The SMILES string of the molecule is C=CCn1c(C)c(/C=c2\sc3n(c2=O)[C@H](c2ccc(O)c(OC)c2)C(C(=O)Nc2ccccc2)=C(C)N=3)c2ccccc21. The van der Waals surface area contributed by atoms with Gasteiger partial charge < -0.3 is 19.7 Å². The molecular formula is C34H30N4O4S. The average Bonchev–Trinajstić information content (AvgIpc) is 3.45. The van der Waals surface area contributed by atoms with Gasteiger partial charge in [-0.25, -0.2) is 4.99 Å². The first-order chi connectivity index (χ1) is 20.8. The Hall–Kier alpha value is -5.15. The smallest absolute Gasteiger partial charge is 0.271 e. The minimum absolute atomic E-state index is 0.0407. The van der Waals surface area contributed by atoms with Crippen LogP contribution in [-0.4, -0.2) is 27.3 Å². The fraction of sp³-hybridized carbons (Fsp3) is 0.147. The van der Waals surface area contributed by atoms with Gasteiger partial charge in [-0.3, -0.25) is 14.2 Å². The molecule has 1 aliphatic rings. The van der Waals surface area contributed by atoms with Crippen LogP contribution in [0.5, 0.6) is 11.5 Å². The molecule has 1 amide bonds. The lowest BCUT2D eigenvalue weighted by Gasteiger charge is -2.25. The molecule has 2 N–H and O–H groups in total. The number of para-hydroxylation sites is 2. The van der Waals surface area contributed by atoms with Crippen molar-refractivity contribution in [2.45, 2.75) is 26.4 Å². The number of aromatic nitrogens is 2. The molecule has 3 aromatic carbocycles. The summed E-state index contributed by atoms with van der Waals surface area (Å²) in [5.74, 6) is -0.175. The summed E-state index contributed by atoms with van der Waals surface area (Å²) in [5, 5.41) is 14.3. The second-order valence-electron chi connectivity index (χ2n) is 10.2. The fourth-order valence-electron chi connectivity index (χ4n) is 5.65. The topological polar surface area (TPSA) is 97.9 Å². The van der Waals surface area contributed by atoms with E-state index in [2.05, 4.69) is 22.5 Å². The number of phenolic OH excluding ortho intramolecular Hbond substituents is 1. The van der Waals surface area contributed by atoms with Crippen LogP contribution >= 0.6 is 11.3 Å². The first kappa shape index (κ1) is 28.0. The van der Waals surface area contributed by atoms with Gasteiger partial charge in [-0.05, 0) is 55.8 Å². The van der Waals surface area contributed by atoms with Gasteiger partial charge in [0.1, 0.15) is 0 Å². The summed E-state index contributed by atoms with van der Waals surface area (Å²) < 4.78 is 9.62. The number of ether oxygens (including phenoxy) is 1. The van der Waals surface area contributed by atoms with Crippen molar-refractivity contribution in [2.75, 3.05) is 12.4 Å². The minimum atomic E-state index is -0.806. The number of carbonyl (C=O) groups excluding carboxylic acids is 1. The van der Waals surface area contributed by atoms with Crippen LogP contribution in [-0.2, 0) is 11.3 Å². The molecule has 0 spiro atoms. The Kier molecular flexibility index (Phi) is 7.33. The molecule has 0 unspecified atom stereocenters. The lowest BCUT2D eigenvalue weighted by molar-refractivity contribution is -0.113. The van der Waals surface area contributed by atoms with Crippen LogP contribution in [0.4, 0.5) is 5.69 Å². The second kappa shape index (κ2) is 11.3. The number of amides is 1. The summed E-state index contributed by atoms with van der Waals surface area (Å²) >= 11 is 1.28. The number of nitrogens with one attached hydrogen (secondary N) is 1. The van der Waals surface area contributed by atoms with Crippen LogP contribution in [0.25, 0.3) is 17.0 Å². The van der Waals surface area contributed by atoms with Crippen molar-refractivity contribution in [3.63, 3.8) is 0 Å². The van der Waals surface area contributed by atoms with E-state index in [4.69, 9.17) is 9.73 Å². The minimum Gasteiger partial charge on any atom is -0.504 e. The van der Waals surface area contributed by atoms with E-state index in [0.29, 0.717) is 38.4 Å². The number of methoxy groups -OCH3 is 1. The summed E-state index contributed by atoms with van der Waals surface area (Å²) in [5.41, 5.74) is 4.81. The van der Waals surface area contributed by atoms with Gasteiger partial charge in [-0.15, -0.1) is 6.58 Å². The molecule has 0 saturated heterocycles. The van der Waals surface area contributed by atoms with Gasteiger partial charge in [0.2, 0.25) is 0 Å². The van der Waals surface area contributed by atoms with Crippen LogP contribution in [0.1, 0.15) is 29.8 Å². The van der Waals surface area contributed by atoms with E-state index < -0.39 is 6.04 Å². The quantitative estimate of drug-likeness (QED) is 0.260. The number of hydrogen-bond donors (Lipinski definition) is 2. The van der Waals surface area contributed by atoms with Crippen molar-refractivity contribution in [1.82, 2.24) is 9.13 Å². The number of hydrogen-bond acceptors (Lipinski definition) is 6. The van der Waals surface area contributed by atoms with Crippen molar-refractivity contribution in [2.24, 2.45) is 4.99 Å². The largest absolute Gasteiger partial charge is 0.504 e. The molecule has 1 atom stereocenters. The van der Waals surface area contributed by atoms with Gasteiger partial charge in [0.05, 0.1) is 29.0 Å². The lowest BCUT2D eigenvalue weighted by atomic mass is 9.94. The molecule has 2 aromatic heterocycles. The number of thiazole rings is 1. The summed E-state index contributed by atoms with van der Waals surface area (Å²) in [6.07, 6.45) is 3.77. The molecule has 1 aliphatic heterocycles. The first-order valence-corrected chi connectivity index (χ1v) is 14.6. The third-order valence-corrected chi connectivity index (χ3v) is 8.67. The zero-order valence-corrected chi connectivity index (χ0v) is 24.8. The Balaban J connectivity index is 1.57. The number of fused-ring (bicyclic) bond motifs is 2. The van der Waals surface area contributed by atoms with Crippen LogP contribution < -0.4 is 24.9 Å². The Bertz CT molecular complexity index is 2120. The lowest BCUT2D eigenvalue weighted by Crippen LogP contribution is -2.40. The highest BCUT2D eigenvalue weighted by molar-refractivity contribution is 7.07. The Morgan fingerprint density at radius 3 is 2.60 bits per heavy atom. The highest BCUT2D eigenvalue weighted by atomic mass is 32.1. The van der Waals surface area contributed by atoms with Gasteiger partial charge in [0, 0.05) is 34.4 Å². The molecule has 43 heavy (non-hydrogen) atoms. The number of allylic oxidation sites excluding steroid dienone is 2. The summed E-state index contributed by atoms with van der Waals surface area (Å²) in [4.78, 5) is 33.3. The van der Waals surface area contributed by atoms with Gasteiger partial charge in [0.25, 0.3) is 11.5 Å². The Morgan fingerprint density at radius 1 is 1.12 bits per heavy atom. The van der Waals surface area contributed by atoms with Crippen molar-refractivity contribution in [3.8, 4) is 11.5 Å². The average molecular weight is 591 g/mol. The zero-order valence-electron chi connectivity index (χ0n) is 24.0. The molecule has 3 heterocycles. The number of anilines is 1. The van der Waals surface area contributed by atoms with Gasteiger partial charge in [-0.2, -0.15) is 0 Å². The highest BCUT2D eigenvalue weighted by Crippen LogP contribution is 2.35. The number of aromatic hydroxyl groups is 1. The zero-order chi connectivity index (χ0) is 30.2. The Labute approximate surface area is 251 Å². The normalized spacial score (nSPS) is 14.9. The number of phenols is 1. The predicted octanol–water partition coefficient (Wildman–Crippen LogP) is 5.04. The van der Waals surface area contributed by atoms with E-state index in [9.17, 15) is 14.7 Å². The summed E-state index contributed by atoms with van der Waals surface area (Å²) in [6.45, 7) is 8.36. The monoisotopic (exact) mass is 590 g/mol. The third kappa shape index (κ3) is 4.87. The maximum atomic E-state index is 14.3.